The third-order valence-corrected chi connectivity index (χ3v) is 7.44. The Balaban J connectivity index is 1.38. The van der Waals surface area contributed by atoms with Crippen molar-refractivity contribution in [3.05, 3.63) is 88.7 Å². The highest BCUT2D eigenvalue weighted by atomic mass is 19.1. The van der Waals surface area contributed by atoms with Crippen LogP contribution in [0.5, 0.6) is 0 Å². The summed E-state index contributed by atoms with van der Waals surface area (Å²) in [6.45, 7) is 10.2. The van der Waals surface area contributed by atoms with Crippen LogP contribution in [-0.2, 0) is 6.42 Å². The Morgan fingerprint density at radius 3 is 2.43 bits per heavy atom. The molecule has 1 unspecified atom stereocenters. The lowest BCUT2D eigenvalue weighted by molar-refractivity contribution is 0.0696. The number of hydrogen-bond donors (Lipinski definition) is 2. The monoisotopic (exact) mass is 473 g/mol. The van der Waals surface area contributed by atoms with Crippen LogP contribution in [0.25, 0.3) is 0 Å². The highest BCUT2D eigenvalue weighted by molar-refractivity contribution is 5.95. The quantitative estimate of drug-likeness (QED) is 0.495. The van der Waals surface area contributed by atoms with Crippen molar-refractivity contribution in [1.29, 1.82) is 0 Å². The number of piperazine rings is 1. The minimum Gasteiger partial charge on any atom is -0.478 e. The van der Waals surface area contributed by atoms with Crippen molar-refractivity contribution in [1.82, 2.24) is 0 Å². The maximum Gasteiger partial charge on any atom is 0.337 e. The molecule has 2 aliphatic heterocycles. The number of nitrogens with one attached hydrogen (secondary N) is 1. The number of hydrogen-bond acceptors (Lipinski definition) is 4. The molecule has 5 nitrogen and oxygen atoms in total. The lowest BCUT2D eigenvalue weighted by Crippen LogP contribution is -2.46. The van der Waals surface area contributed by atoms with Crippen LogP contribution in [-0.4, -0.2) is 37.3 Å². The molecule has 1 fully saturated rings. The zero-order valence-electron chi connectivity index (χ0n) is 20.5. The summed E-state index contributed by atoms with van der Waals surface area (Å²) in [5.74, 6) is -1.63. The van der Waals surface area contributed by atoms with Gasteiger partial charge in [0, 0.05) is 37.6 Å². The van der Waals surface area contributed by atoms with Crippen LogP contribution in [0.15, 0.2) is 60.7 Å². The maximum absolute atomic E-state index is 14.1. The molecule has 3 aromatic carbocycles. The molecule has 182 valence electrons. The third-order valence-electron chi connectivity index (χ3n) is 7.44. The molecular weight excluding hydrogens is 441 g/mol. The number of carbonyl (C=O) groups is 1. The smallest absolute Gasteiger partial charge is 0.337 e. The van der Waals surface area contributed by atoms with Crippen LogP contribution in [0.1, 0.15) is 46.9 Å². The van der Waals surface area contributed by atoms with E-state index in [1.54, 1.807) is 0 Å². The first-order chi connectivity index (χ1) is 16.7. The number of carboxylic acid groups (broad SMARTS) is 1. The van der Waals surface area contributed by atoms with Gasteiger partial charge in [0.2, 0.25) is 0 Å². The van der Waals surface area contributed by atoms with Gasteiger partial charge >= 0.3 is 5.97 Å². The van der Waals surface area contributed by atoms with Gasteiger partial charge in [-0.05, 0) is 65.8 Å². The molecule has 0 aromatic heterocycles. The van der Waals surface area contributed by atoms with Gasteiger partial charge in [0.05, 0.1) is 17.3 Å². The summed E-state index contributed by atoms with van der Waals surface area (Å²) < 4.78 is 14.1. The molecule has 0 radical (unpaired) electrons. The van der Waals surface area contributed by atoms with Crippen molar-refractivity contribution in [2.45, 2.75) is 33.2 Å². The molecule has 3 aromatic rings. The summed E-state index contributed by atoms with van der Waals surface area (Å²) >= 11 is 0. The molecule has 0 spiro atoms. The lowest BCUT2D eigenvalue weighted by atomic mass is 9.72. The van der Waals surface area contributed by atoms with Gasteiger partial charge in [-0.1, -0.05) is 44.2 Å². The second kappa shape index (κ2) is 8.91. The minimum atomic E-state index is -1.12. The van der Waals surface area contributed by atoms with Gasteiger partial charge < -0.3 is 20.2 Å². The Morgan fingerprint density at radius 2 is 1.71 bits per heavy atom. The van der Waals surface area contributed by atoms with Crippen molar-refractivity contribution >= 4 is 23.0 Å². The topological polar surface area (TPSA) is 55.8 Å². The van der Waals surface area contributed by atoms with E-state index in [0.29, 0.717) is 17.7 Å². The molecule has 1 atom stereocenters. The number of rotatable bonds is 4. The zero-order chi connectivity index (χ0) is 24.7. The van der Waals surface area contributed by atoms with Gasteiger partial charge in [-0.3, -0.25) is 0 Å². The predicted molar refractivity (Wildman–Crippen MR) is 139 cm³/mol. The number of halogens is 1. The maximum atomic E-state index is 14.1. The van der Waals surface area contributed by atoms with E-state index in [9.17, 15) is 14.3 Å². The highest BCUT2D eigenvalue weighted by Crippen LogP contribution is 2.46. The molecular formula is C29H32FN3O2. The Labute approximate surface area is 206 Å². The molecule has 0 amide bonds. The van der Waals surface area contributed by atoms with E-state index in [1.807, 2.05) is 0 Å². The van der Waals surface area contributed by atoms with Gasteiger partial charge in [-0.15, -0.1) is 0 Å². The van der Waals surface area contributed by atoms with Crippen LogP contribution in [0.3, 0.4) is 0 Å². The molecule has 0 aliphatic carbocycles. The number of para-hydroxylation sites is 1. The number of aryl methyl sites for hydroxylation is 1. The van der Waals surface area contributed by atoms with Crippen LogP contribution in [0.2, 0.25) is 0 Å². The Kier molecular flexibility index (Phi) is 5.91. The Morgan fingerprint density at radius 1 is 1.00 bits per heavy atom. The normalized spacial score (nSPS) is 19.1. The van der Waals surface area contributed by atoms with Gasteiger partial charge in [-0.2, -0.15) is 0 Å². The lowest BCUT2D eigenvalue weighted by Gasteiger charge is -2.42. The largest absolute Gasteiger partial charge is 0.478 e. The summed E-state index contributed by atoms with van der Waals surface area (Å²) in [6.07, 6.45) is 0.595. The van der Waals surface area contributed by atoms with E-state index in [0.717, 1.165) is 37.8 Å². The molecule has 35 heavy (non-hydrogen) atoms. The van der Waals surface area contributed by atoms with Crippen LogP contribution >= 0.6 is 0 Å². The van der Waals surface area contributed by atoms with Gasteiger partial charge in [0.15, 0.2) is 0 Å². The van der Waals surface area contributed by atoms with Crippen molar-refractivity contribution in [3.8, 4) is 0 Å². The summed E-state index contributed by atoms with van der Waals surface area (Å²) in [6, 6.07) is 19.5. The fraction of sp³-hybridized carbons (Fsp3) is 0.345. The average molecular weight is 474 g/mol. The highest BCUT2D eigenvalue weighted by Gasteiger charge is 2.38. The molecule has 6 heteroatoms. The molecule has 0 bridgehead atoms. The van der Waals surface area contributed by atoms with E-state index in [2.05, 4.69) is 84.4 Å². The second-order valence-electron chi connectivity index (χ2n) is 10.4. The Hall–Kier alpha value is -3.54. The number of nitrogens with zero attached hydrogens (tertiary/aromatic N) is 2. The summed E-state index contributed by atoms with van der Waals surface area (Å²) in [5.41, 5.74) is 5.90. The SMILES string of the molecule is Cc1ccccc1N1CCN(c2cccc(C3Nc4c(cc(F)cc4C(=O)O)CC3(C)C)c2)CC1. The van der Waals surface area contributed by atoms with E-state index in [-0.39, 0.29) is 17.0 Å². The molecule has 0 saturated carbocycles. The summed E-state index contributed by atoms with van der Waals surface area (Å²) in [4.78, 5) is 16.7. The van der Waals surface area contributed by atoms with E-state index in [4.69, 9.17) is 0 Å². The van der Waals surface area contributed by atoms with E-state index < -0.39 is 11.8 Å². The molecule has 5 rings (SSSR count). The Bertz CT molecular complexity index is 1260. The standard InChI is InChI=1S/C29H32FN3O2/c1-19-7-4-5-10-25(19)33-13-11-32(12-14-33)23-9-6-8-20(16-23)27-29(2,3)18-21-15-22(30)17-24(28(34)35)26(21)31-27/h4-10,15-17,27,31H,11-14,18H2,1-3H3,(H,34,35). The average Bonchev–Trinajstić information content (AvgIpc) is 2.83. The van der Waals surface area contributed by atoms with Gasteiger partial charge in [0.1, 0.15) is 5.82 Å². The van der Waals surface area contributed by atoms with Crippen molar-refractivity contribution < 1.29 is 14.3 Å². The van der Waals surface area contributed by atoms with Gasteiger partial charge in [-0.25, -0.2) is 9.18 Å². The predicted octanol–water partition coefficient (Wildman–Crippen LogP) is 5.89. The first-order valence-corrected chi connectivity index (χ1v) is 12.2. The van der Waals surface area contributed by atoms with Gasteiger partial charge in [0.25, 0.3) is 0 Å². The van der Waals surface area contributed by atoms with Crippen molar-refractivity contribution in [3.63, 3.8) is 0 Å². The van der Waals surface area contributed by atoms with Crippen LogP contribution in [0, 0.1) is 18.2 Å². The number of benzene rings is 3. The second-order valence-corrected chi connectivity index (χ2v) is 10.4. The third kappa shape index (κ3) is 4.45. The minimum absolute atomic E-state index is 0.0102. The van der Waals surface area contributed by atoms with Crippen LogP contribution < -0.4 is 15.1 Å². The molecule has 2 heterocycles. The van der Waals surface area contributed by atoms with Crippen LogP contribution in [0.4, 0.5) is 21.5 Å². The first kappa shape index (κ1) is 23.2. The van der Waals surface area contributed by atoms with E-state index >= 15 is 0 Å². The number of anilines is 3. The first-order valence-electron chi connectivity index (χ1n) is 12.2. The van der Waals surface area contributed by atoms with E-state index in [1.165, 1.54) is 23.0 Å². The number of carboxylic acids is 1. The summed E-state index contributed by atoms with van der Waals surface area (Å²) in [7, 11) is 0. The summed E-state index contributed by atoms with van der Waals surface area (Å²) in [5, 5.41) is 13.1. The fourth-order valence-electron chi connectivity index (χ4n) is 5.63. The molecule has 2 N–H and O–H groups in total. The zero-order valence-corrected chi connectivity index (χ0v) is 20.5. The fourth-order valence-corrected chi connectivity index (χ4v) is 5.63. The van der Waals surface area contributed by atoms with Crippen molar-refractivity contribution in [2.75, 3.05) is 41.3 Å². The molecule has 1 saturated heterocycles. The molecule has 2 aliphatic rings. The number of aromatic carboxylic acids is 1. The number of fused-ring (bicyclic) bond motifs is 1. The van der Waals surface area contributed by atoms with Crippen molar-refractivity contribution in [2.24, 2.45) is 5.41 Å².